The number of halogens is 1. The maximum absolute atomic E-state index is 13.1. The first-order valence-corrected chi connectivity index (χ1v) is 8.34. The standard InChI is InChI=1S/C17H23FN4O2/c1-11(23)22-8-6-14(7-9-22)20-17(24)15-10-19-21-16(15)12-2-4-13(18)5-3-12/h2-5,14-16,19,21H,6-10H2,1H3,(H,20,24). The first kappa shape index (κ1) is 16.9. The van der Waals surface area contributed by atoms with Gasteiger partial charge < -0.3 is 10.2 Å². The van der Waals surface area contributed by atoms with Gasteiger partial charge in [0, 0.05) is 32.6 Å². The number of likely N-dealkylation sites (tertiary alicyclic amines) is 1. The first-order chi connectivity index (χ1) is 11.5. The lowest BCUT2D eigenvalue weighted by Crippen LogP contribution is -2.48. The van der Waals surface area contributed by atoms with E-state index in [9.17, 15) is 14.0 Å². The van der Waals surface area contributed by atoms with Crippen LogP contribution in [0.2, 0.25) is 0 Å². The number of amides is 2. The number of hydrogen-bond donors (Lipinski definition) is 3. The second-order valence-electron chi connectivity index (χ2n) is 6.45. The SMILES string of the molecule is CC(=O)N1CCC(NC(=O)C2CNNC2c2ccc(F)cc2)CC1. The predicted molar refractivity (Wildman–Crippen MR) is 87.2 cm³/mol. The fraction of sp³-hybridized carbons (Fsp3) is 0.529. The lowest BCUT2D eigenvalue weighted by molar-refractivity contribution is -0.130. The minimum absolute atomic E-state index is 0.0110. The van der Waals surface area contributed by atoms with Crippen molar-refractivity contribution < 1.29 is 14.0 Å². The van der Waals surface area contributed by atoms with Gasteiger partial charge in [-0.1, -0.05) is 12.1 Å². The number of carbonyl (C=O) groups is 2. The molecule has 2 saturated heterocycles. The Morgan fingerprint density at radius 2 is 1.88 bits per heavy atom. The highest BCUT2D eigenvalue weighted by Gasteiger charge is 2.35. The molecule has 0 saturated carbocycles. The smallest absolute Gasteiger partial charge is 0.226 e. The molecule has 130 valence electrons. The highest BCUT2D eigenvalue weighted by Crippen LogP contribution is 2.25. The van der Waals surface area contributed by atoms with Crippen LogP contribution in [0.15, 0.2) is 24.3 Å². The van der Waals surface area contributed by atoms with E-state index in [0.29, 0.717) is 19.6 Å². The summed E-state index contributed by atoms with van der Waals surface area (Å²) in [6.07, 6.45) is 1.56. The van der Waals surface area contributed by atoms with Gasteiger partial charge in [-0.3, -0.25) is 15.0 Å². The molecule has 2 atom stereocenters. The van der Waals surface area contributed by atoms with Gasteiger partial charge in [-0.05, 0) is 30.5 Å². The van der Waals surface area contributed by atoms with Crippen molar-refractivity contribution in [3.05, 3.63) is 35.6 Å². The Hall–Kier alpha value is -1.99. The molecule has 1 aromatic rings. The van der Waals surface area contributed by atoms with Gasteiger partial charge in [-0.15, -0.1) is 0 Å². The van der Waals surface area contributed by atoms with Crippen LogP contribution >= 0.6 is 0 Å². The van der Waals surface area contributed by atoms with Crippen molar-refractivity contribution in [3.8, 4) is 0 Å². The highest BCUT2D eigenvalue weighted by molar-refractivity contribution is 5.80. The second-order valence-corrected chi connectivity index (χ2v) is 6.45. The maximum Gasteiger partial charge on any atom is 0.226 e. The summed E-state index contributed by atoms with van der Waals surface area (Å²) in [6.45, 7) is 3.47. The van der Waals surface area contributed by atoms with Gasteiger partial charge in [0.1, 0.15) is 5.82 Å². The van der Waals surface area contributed by atoms with Crippen LogP contribution in [-0.4, -0.2) is 42.4 Å². The third-order valence-corrected chi connectivity index (χ3v) is 4.83. The Kier molecular flexibility index (Phi) is 5.11. The zero-order valence-electron chi connectivity index (χ0n) is 13.7. The van der Waals surface area contributed by atoms with E-state index in [-0.39, 0.29) is 35.6 Å². The Morgan fingerprint density at radius 1 is 1.21 bits per heavy atom. The minimum Gasteiger partial charge on any atom is -0.353 e. The summed E-state index contributed by atoms with van der Waals surface area (Å²) in [6, 6.07) is 6.13. The molecule has 2 aliphatic rings. The van der Waals surface area contributed by atoms with E-state index in [1.54, 1.807) is 19.1 Å². The van der Waals surface area contributed by atoms with Crippen LogP contribution in [0.4, 0.5) is 4.39 Å². The van der Waals surface area contributed by atoms with Crippen LogP contribution in [0.3, 0.4) is 0 Å². The van der Waals surface area contributed by atoms with E-state index < -0.39 is 0 Å². The van der Waals surface area contributed by atoms with Crippen LogP contribution in [-0.2, 0) is 9.59 Å². The number of hydrogen-bond acceptors (Lipinski definition) is 4. The molecule has 24 heavy (non-hydrogen) atoms. The zero-order chi connectivity index (χ0) is 17.1. The van der Waals surface area contributed by atoms with Gasteiger partial charge in [-0.25, -0.2) is 9.82 Å². The topological polar surface area (TPSA) is 73.5 Å². The maximum atomic E-state index is 13.1. The second kappa shape index (κ2) is 7.27. The number of hydrazine groups is 1. The van der Waals surface area contributed by atoms with E-state index in [1.807, 2.05) is 4.90 Å². The number of rotatable bonds is 3. The lowest BCUT2D eigenvalue weighted by Gasteiger charge is -2.32. The predicted octanol–water partition coefficient (Wildman–Crippen LogP) is 0.718. The molecule has 1 aromatic carbocycles. The normalized spacial score (nSPS) is 24.8. The molecule has 2 amide bonds. The average Bonchev–Trinajstić information content (AvgIpc) is 3.06. The zero-order valence-corrected chi connectivity index (χ0v) is 13.7. The summed E-state index contributed by atoms with van der Waals surface area (Å²) < 4.78 is 13.1. The lowest BCUT2D eigenvalue weighted by atomic mass is 9.93. The molecular formula is C17H23FN4O2. The number of carbonyl (C=O) groups excluding carboxylic acids is 2. The minimum atomic E-state index is -0.289. The van der Waals surface area contributed by atoms with Crippen molar-refractivity contribution in [1.82, 2.24) is 21.1 Å². The summed E-state index contributed by atoms with van der Waals surface area (Å²) in [4.78, 5) is 25.8. The van der Waals surface area contributed by atoms with Crippen molar-refractivity contribution >= 4 is 11.8 Å². The Morgan fingerprint density at radius 3 is 2.50 bits per heavy atom. The molecule has 0 spiro atoms. The van der Waals surface area contributed by atoms with Gasteiger partial charge in [0.25, 0.3) is 0 Å². The molecule has 0 radical (unpaired) electrons. The van der Waals surface area contributed by atoms with E-state index in [2.05, 4.69) is 16.2 Å². The van der Waals surface area contributed by atoms with Crippen molar-refractivity contribution in [1.29, 1.82) is 0 Å². The third kappa shape index (κ3) is 3.73. The summed E-state index contributed by atoms with van der Waals surface area (Å²) >= 11 is 0. The van der Waals surface area contributed by atoms with Crippen LogP contribution in [0.5, 0.6) is 0 Å². The van der Waals surface area contributed by atoms with E-state index in [0.717, 1.165) is 18.4 Å². The van der Waals surface area contributed by atoms with Gasteiger partial charge in [0.05, 0.1) is 12.0 Å². The summed E-state index contributed by atoms with van der Waals surface area (Å²) in [7, 11) is 0. The molecule has 2 heterocycles. The van der Waals surface area contributed by atoms with Crippen molar-refractivity contribution in [2.45, 2.75) is 31.8 Å². The van der Waals surface area contributed by atoms with Gasteiger partial charge in [0.2, 0.25) is 11.8 Å². The molecule has 2 aliphatic heterocycles. The highest BCUT2D eigenvalue weighted by atomic mass is 19.1. The Bertz CT molecular complexity index is 599. The quantitative estimate of drug-likeness (QED) is 0.761. The number of benzene rings is 1. The van der Waals surface area contributed by atoms with Gasteiger partial charge in [-0.2, -0.15) is 0 Å². The third-order valence-electron chi connectivity index (χ3n) is 4.83. The Labute approximate surface area is 140 Å². The van der Waals surface area contributed by atoms with E-state index in [4.69, 9.17) is 0 Å². The molecular weight excluding hydrogens is 311 g/mol. The molecule has 0 aliphatic carbocycles. The van der Waals surface area contributed by atoms with Crippen molar-refractivity contribution in [2.75, 3.05) is 19.6 Å². The summed E-state index contributed by atoms with van der Waals surface area (Å²) in [5.41, 5.74) is 7.00. The van der Waals surface area contributed by atoms with Crippen LogP contribution in [0.25, 0.3) is 0 Å². The largest absolute Gasteiger partial charge is 0.353 e. The fourth-order valence-corrected chi connectivity index (χ4v) is 3.37. The molecule has 7 heteroatoms. The molecule has 0 bridgehead atoms. The molecule has 0 aromatic heterocycles. The molecule has 3 rings (SSSR count). The number of piperidine rings is 1. The van der Waals surface area contributed by atoms with Crippen molar-refractivity contribution in [3.63, 3.8) is 0 Å². The summed E-state index contributed by atoms with van der Waals surface area (Å²) in [5.74, 6) is -0.465. The fourth-order valence-electron chi connectivity index (χ4n) is 3.37. The van der Waals surface area contributed by atoms with E-state index >= 15 is 0 Å². The monoisotopic (exact) mass is 334 g/mol. The van der Waals surface area contributed by atoms with Crippen LogP contribution < -0.4 is 16.2 Å². The average molecular weight is 334 g/mol. The van der Waals surface area contributed by atoms with Gasteiger partial charge >= 0.3 is 0 Å². The van der Waals surface area contributed by atoms with E-state index in [1.165, 1.54) is 12.1 Å². The van der Waals surface area contributed by atoms with Crippen LogP contribution in [0, 0.1) is 11.7 Å². The first-order valence-electron chi connectivity index (χ1n) is 8.34. The van der Waals surface area contributed by atoms with Crippen LogP contribution in [0.1, 0.15) is 31.4 Å². The Balaban J connectivity index is 1.58. The molecule has 2 unspecified atom stereocenters. The molecule has 3 N–H and O–H groups in total. The molecule has 6 nitrogen and oxygen atoms in total. The summed E-state index contributed by atoms with van der Waals surface area (Å²) in [5, 5.41) is 3.10. The number of nitrogens with one attached hydrogen (secondary N) is 3. The van der Waals surface area contributed by atoms with Crippen molar-refractivity contribution in [2.24, 2.45) is 5.92 Å². The van der Waals surface area contributed by atoms with Gasteiger partial charge in [0.15, 0.2) is 0 Å². The molecule has 2 fully saturated rings. The number of nitrogens with zero attached hydrogens (tertiary/aromatic N) is 1.